The molecule has 12 nitrogen and oxygen atoms in total. The van der Waals surface area contributed by atoms with Crippen molar-refractivity contribution in [2.24, 2.45) is 0 Å². The fraction of sp³-hybridized carbons (Fsp3) is 0.556. The molecule has 0 radical (unpaired) electrons. The predicted octanol–water partition coefficient (Wildman–Crippen LogP) is 0.588. The molecule has 2 fully saturated rings. The number of sulfonamides is 1. The van der Waals surface area contributed by atoms with Crippen molar-refractivity contribution in [2.75, 3.05) is 40.0 Å². The highest BCUT2D eigenvalue weighted by atomic mass is 32.2. The minimum Gasteiger partial charge on any atom is -0.490 e. The molecule has 0 aromatic heterocycles. The summed E-state index contributed by atoms with van der Waals surface area (Å²) in [7, 11) is -2.68. The number of hydrogen-bond acceptors (Lipinski definition) is 8. The molecule has 170 valence electrons. The maximum absolute atomic E-state index is 13.0. The quantitative estimate of drug-likeness (QED) is 0.358. The summed E-state index contributed by atoms with van der Waals surface area (Å²) in [4.78, 5) is 38.0. The number of piperazine rings is 1. The number of carbonyl (C=O) groups is 2. The molecule has 2 saturated heterocycles. The second-order valence-electron chi connectivity index (χ2n) is 7.60. The van der Waals surface area contributed by atoms with Crippen LogP contribution in [0.3, 0.4) is 0 Å². The van der Waals surface area contributed by atoms with Gasteiger partial charge >= 0.3 is 11.7 Å². The van der Waals surface area contributed by atoms with Crippen LogP contribution in [0.4, 0.5) is 10.5 Å². The molecule has 3 rings (SSSR count). The van der Waals surface area contributed by atoms with Crippen LogP contribution in [0.2, 0.25) is 0 Å². The zero-order valence-corrected chi connectivity index (χ0v) is 18.3. The number of nitrogens with one attached hydrogen (secondary N) is 1. The molecule has 0 aliphatic carbocycles. The van der Waals surface area contributed by atoms with Crippen LogP contribution in [0, 0.1) is 10.1 Å². The second-order valence-corrected chi connectivity index (χ2v) is 9.54. The van der Waals surface area contributed by atoms with E-state index < -0.39 is 32.2 Å². The van der Waals surface area contributed by atoms with Crippen molar-refractivity contribution < 1.29 is 27.7 Å². The standard InChI is InChI=1S/C18H25N5O7S/c1-4-18(2)16(24)22(17(25)19-18)12-20-7-9-21(10-8-20)31(28,29)13-5-6-15(30-3)14(11-13)23(26)27/h5-6,11H,4,7-10,12H2,1-3H3,(H,19,25)/t18-/m1/s1. The average Bonchev–Trinajstić information content (AvgIpc) is 2.97. The van der Waals surface area contributed by atoms with Gasteiger partial charge in [-0.05, 0) is 25.5 Å². The monoisotopic (exact) mass is 455 g/mol. The first-order valence-electron chi connectivity index (χ1n) is 9.72. The molecule has 0 unspecified atom stereocenters. The summed E-state index contributed by atoms with van der Waals surface area (Å²) in [5.74, 6) is -0.331. The van der Waals surface area contributed by atoms with E-state index in [-0.39, 0.29) is 36.3 Å². The highest BCUT2D eigenvalue weighted by Gasteiger charge is 2.47. The minimum atomic E-state index is -3.95. The third-order valence-electron chi connectivity index (χ3n) is 5.71. The Kier molecular flexibility index (Phi) is 6.21. The topological polar surface area (TPSA) is 142 Å². The van der Waals surface area contributed by atoms with Gasteiger partial charge in [0.05, 0.1) is 23.6 Å². The Labute approximate surface area is 179 Å². The Morgan fingerprint density at radius 2 is 1.87 bits per heavy atom. The summed E-state index contributed by atoms with van der Waals surface area (Å²) in [5.41, 5.74) is -1.36. The molecule has 0 saturated carbocycles. The Balaban J connectivity index is 1.68. The van der Waals surface area contributed by atoms with Crippen LogP contribution in [-0.2, 0) is 14.8 Å². The van der Waals surface area contributed by atoms with E-state index in [0.29, 0.717) is 19.5 Å². The van der Waals surface area contributed by atoms with Gasteiger partial charge in [-0.3, -0.25) is 19.8 Å². The van der Waals surface area contributed by atoms with Crippen LogP contribution in [0.1, 0.15) is 20.3 Å². The van der Waals surface area contributed by atoms with Gasteiger partial charge in [-0.1, -0.05) is 6.92 Å². The van der Waals surface area contributed by atoms with Gasteiger partial charge in [0.2, 0.25) is 10.0 Å². The molecular weight excluding hydrogens is 430 g/mol. The minimum absolute atomic E-state index is 0.0265. The van der Waals surface area contributed by atoms with Crippen molar-refractivity contribution in [1.29, 1.82) is 0 Å². The van der Waals surface area contributed by atoms with E-state index in [4.69, 9.17) is 4.74 Å². The first-order valence-corrected chi connectivity index (χ1v) is 11.2. The number of hydrogen-bond donors (Lipinski definition) is 1. The number of nitro benzene ring substituents is 1. The van der Waals surface area contributed by atoms with Crippen molar-refractivity contribution in [1.82, 2.24) is 19.4 Å². The molecule has 2 heterocycles. The first-order chi connectivity index (χ1) is 14.5. The normalized spacial score (nSPS) is 23.1. The van der Waals surface area contributed by atoms with Gasteiger partial charge in [0.15, 0.2) is 5.75 Å². The highest BCUT2D eigenvalue weighted by Crippen LogP contribution is 2.31. The molecule has 0 bridgehead atoms. The number of nitrogens with zero attached hydrogens (tertiary/aromatic N) is 4. The number of rotatable bonds is 7. The summed E-state index contributed by atoms with van der Waals surface area (Å²) in [6.45, 7) is 4.41. The molecule has 1 aromatic carbocycles. The highest BCUT2D eigenvalue weighted by molar-refractivity contribution is 7.89. The van der Waals surface area contributed by atoms with Gasteiger partial charge in [0.1, 0.15) is 5.54 Å². The number of benzene rings is 1. The zero-order valence-electron chi connectivity index (χ0n) is 17.5. The molecule has 13 heteroatoms. The molecule has 31 heavy (non-hydrogen) atoms. The Bertz CT molecular complexity index is 1010. The number of imide groups is 1. The van der Waals surface area contributed by atoms with Gasteiger partial charge in [0, 0.05) is 32.2 Å². The maximum Gasteiger partial charge on any atom is 0.326 e. The fourth-order valence-corrected chi connectivity index (χ4v) is 4.99. The molecule has 0 spiro atoms. The number of amides is 3. The van der Waals surface area contributed by atoms with Crippen molar-refractivity contribution in [3.05, 3.63) is 28.3 Å². The smallest absolute Gasteiger partial charge is 0.326 e. The number of urea groups is 1. The summed E-state index contributed by atoms with van der Waals surface area (Å²) < 4.78 is 32.1. The van der Waals surface area contributed by atoms with Gasteiger partial charge in [-0.15, -0.1) is 0 Å². The second kappa shape index (κ2) is 8.40. The molecule has 1 aromatic rings. The number of ether oxygens (including phenoxy) is 1. The largest absolute Gasteiger partial charge is 0.490 e. The van der Waals surface area contributed by atoms with E-state index in [1.54, 1.807) is 6.92 Å². The van der Waals surface area contributed by atoms with Crippen LogP contribution in [0.5, 0.6) is 5.75 Å². The lowest BCUT2D eigenvalue weighted by Gasteiger charge is -2.35. The Morgan fingerprint density at radius 3 is 2.39 bits per heavy atom. The average molecular weight is 455 g/mol. The van der Waals surface area contributed by atoms with Crippen LogP contribution in [0.15, 0.2) is 23.1 Å². The molecular formula is C18H25N5O7S. The lowest BCUT2D eigenvalue weighted by molar-refractivity contribution is -0.386. The molecule has 2 aliphatic heterocycles. The Morgan fingerprint density at radius 1 is 1.23 bits per heavy atom. The first kappa shape index (κ1) is 22.9. The lowest BCUT2D eigenvalue weighted by atomic mass is 10.00. The van der Waals surface area contributed by atoms with Crippen LogP contribution in [0.25, 0.3) is 0 Å². The van der Waals surface area contributed by atoms with E-state index in [1.807, 2.05) is 11.8 Å². The SMILES string of the molecule is CC[C@@]1(C)NC(=O)N(CN2CCN(S(=O)(=O)c3ccc(OC)c([N+](=O)[O-])c3)CC2)C1=O. The molecule has 2 aliphatic rings. The molecule has 3 amide bonds. The van der Waals surface area contributed by atoms with Crippen molar-refractivity contribution in [2.45, 2.75) is 30.7 Å². The summed E-state index contributed by atoms with van der Waals surface area (Å²) >= 11 is 0. The number of methoxy groups -OCH3 is 1. The van der Waals surface area contributed by atoms with Crippen LogP contribution >= 0.6 is 0 Å². The van der Waals surface area contributed by atoms with E-state index in [1.165, 1.54) is 23.5 Å². The number of nitro groups is 1. The summed E-state index contributed by atoms with van der Waals surface area (Å²) in [5, 5.41) is 13.9. The molecule has 1 atom stereocenters. The van der Waals surface area contributed by atoms with Gasteiger partial charge < -0.3 is 10.1 Å². The van der Waals surface area contributed by atoms with Crippen LogP contribution < -0.4 is 10.1 Å². The fourth-order valence-electron chi connectivity index (χ4n) is 3.55. The van der Waals surface area contributed by atoms with E-state index in [0.717, 1.165) is 11.0 Å². The van der Waals surface area contributed by atoms with Gasteiger partial charge in [-0.25, -0.2) is 18.1 Å². The Hall–Kier alpha value is -2.77. The van der Waals surface area contributed by atoms with E-state index >= 15 is 0 Å². The van der Waals surface area contributed by atoms with Crippen molar-refractivity contribution >= 4 is 27.6 Å². The maximum atomic E-state index is 13.0. The zero-order chi connectivity index (χ0) is 23.0. The van der Waals surface area contributed by atoms with E-state index in [2.05, 4.69) is 5.32 Å². The number of carbonyl (C=O) groups excluding carboxylic acids is 2. The van der Waals surface area contributed by atoms with Crippen LogP contribution in [-0.4, -0.2) is 84.9 Å². The lowest BCUT2D eigenvalue weighted by Crippen LogP contribution is -2.52. The summed E-state index contributed by atoms with van der Waals surface area (Å²) in [6.07, 6.45) is 0.466. The third-order valence-corrected chi connectivity index (χ3v) is 7.60. The van der Waals surface area contributed by atoms with E-state index in [9.17, 15) is 28.1 Å². The van der Waals surface area contributed by atoms with Crippen molar-refractivity contribution in [3.63, 3.8) is 0 Å². The third kappa shape index (κ3) is 4.20. The van der Waals surface area contributed by atoms with Gasteiger partial charge in [0.25, 0.3) is 5.91 Å². The van der Waals surface area contributed by atoms with Crippen molar-refractivity contribution in [3.8, 4) is 5.75 Å². The predicted molar refractivity (Wildman–Crippen MR) is 109 cm³/mol. The van der Waals surface area contributed by atoms with Gasteiger partial charge in [-0.2, -0.15) is 4.31 Å². The summed E-state index contributed by atoms with van der Waals surface area (Å²) in [6, 6.07) is 3.05. The molecule has 1 N–H and O–H groups in total.